The maximum atomic E-state index is 11.6. The van der Waals surface area contributed by atoms with E-state index in [1.54, 1.807) is 0 Å². The molecule has 5 heteroatoms. The number of amides is 2. The van der Waals surface area contributed by atoms with Gasteiger partial charge < -0.3 is 15.7 Å². The number of carbonyl (C=O) groups excluding carboxylic acids is 1. The average Bonchev–Trinajstić information content (AvgIpc) is 2.73. The lowest BCUT2D eigenvalue weighted by molar-refractivity contribution is 0.212. The van der Waals surface area contributed by atoms with Gasteiger partial charge in [0.2, 0.25) is 0 Å². The molecule has 0 aromatic rings. The second-order valence-corrected chi connectivity index (χ2v) is 5.29. The van der Waals surface area contributed by atoms with Gasteiger partial charge in [-0.2, -0.15) is 11.8 Å². The van der Waals surface area contributed by atoms with Gasteiger partial charge in [-0.05, 0) is 25.5 Å². The summed E-state index contributed by atoms with van der Waals surface area (Å²) in [5, 5.41) is 15.3. The van der Waals surface area contributed by atoms with Crippen LogP contribution in [0.15, 0.2) is 0 Å². The highest BCUT2D eigenvalue weighted by molar-refractivity contribution is 7.99. The Bertz CT molecular complexity index is 222. The lowest BCUT2D eigenvalue weighted by Gasteiger charge is -2.21. The van der Waals surface area contributed by atoms with Crippen LogP contribution in [-0.4, -0.2) is 41.3 Å². The number of rotatable bonds is 5. The van der Waals surface area contributed by atoms with Gasteiger partial charge in [-0.25, -0.2) is 4.79 Å². The van der Waals surface area contributed by atoms with Crippen molar-refractivity contribution in [3.8, 4) is 0 Å². The van der Waals surface area contributed by atoms with E-state index in [1.165, 1.54) is 12.8 Å². The number of carbonyl (C=O) groups is 1. The minimum absolute atomic E-state index is 0.000539. The molecule has 0 saturated heterocycles. The van der Waals surface area contributed by atoms with E-state index in [1.807, 2.05) is 18.7 Å². The molecule has 0 aliphatic heterocycles. The van der Waals surface area contributed by atoms with E-state index >= 15 is 0 Å². The minimum atomic E-state index is -0.146. The van der Waals surface area contributed by atoms with E-state index in [-0.39, 0.29) is 24.7 Å². The molecule has 3 N–H and O–H groups in total. The number of aliphatic hydroxyl groups excluding tert-OH is 1. The first-order chi connectivity index (χ1) is 7.71. The van der Waals surface area contributed by atoms with Crippen LogP contribution in [0.5, 0.6) is 0 Å². The van der Waals surface area contributed by atoms with Gasteiger partial charge in [0, 0.05) is 11.3 Å². The number of urea groups is 1. The van der Waals surface area contributed by atoms with Crippen LogP contribution in [-0.2, 0) is 0 Å². The highest BCUT2D eigenvalue weighted by Crippen LogP contribution is 2.28. The van der Waals surface area contributed by atoms with Gasteiger partial charge in [0.15, 0.2) is 0 Å². The number of hydrogen-bond acceptors (Lipinski definition) is 3. The lowest BCUT2D eigenvalue weighted by atomic mass is 10.2. The van der Waals surface area contributed by atoms with Crippen LogP contribution in [0.2, 0.25) is 0 Å². The number of thioether (sulfide) groups is 1. The highest BCUT2D eigenvalue weighted by Gasteiger charge is 2.27. The summed E-state index contributed by atoms with van der Waals surface area (Å²) in [5.74, 6) is 0. The van der Waals surface area contributed by atoms with E-state index < -0.39 is 0 Å². The number of aliphatic hydroxyl groups is 1. The largest absolute Gasteiger partial charge is 0.394 e. The van der Waals surface area contributed by atoms with Crippen molar-refractivity contribution in [1.82, 2.24) is 10.6 Å². The normalized spacial score (nSPS) is 26.4. The van der Waals surface area contributed by atoms with E-state index in [4.69, 9.17) is 5.11 Å². The molecule has 0 heterocycles. The summed E-state index contributed by atoms with van der Waals surface area (Å²) >= 11 is 1.82. The third kappa shape index (κ3) is 3.87. The van der Waals surface area contributed by atoms with Crippen LogP contribution in [0.3, 0.4) is 0 Å². The van der Waals surface area contributed by atoms with Gasteiger partial charge in [-0.1, -0.05) is 13.3 Å². The first-order valence-corrected chi connectivity index (χ1v) is 7.20. The molecule has 16 heavy (non-hydrogen) atoms. The summed E-state index contributed by atoms with van der Waals surface area (Å²) in [7, 11) is 0. The maximum absolute atomic E-state index is 11.6. The maximum Gasteiger partial charge on any atom is 0.315 e. The Labute approximate surface area is 102 Å². The molecule has 4 nitrogen and oxygen atoms in total. The fourth-order valence-electron chi connectivity index (χ4n) is 2.05. The summed E-state index contributed by atoms with van der Waals surface area (Å²) in [6.45, 7) is 1.95. The van der Waals surface area contributed by atoms with Gasteiger partial charge in [-0.15, -0.1) is 0 Å². The molecule has 2 amide bonds. The van der Waals surface area contributed by atoms with Crippen molar-refractivity contribution in [2.75, 3.05) is 12.9 Å². The molecule has 1 saturated carbocycles. The summed E-state index contributed by atoms with van der Waals surface area (Å²) in [4.78, 5) is 11.6. The molecular formula is C11H22N2O2S. The third-order valence-corrected chi connectivity index (χ3v) is 4.29. The van der Waals surface area contributed by atoms with Crippen molar-refractivity contribution in [2.45, 2.75) is 49.9 Å². The second-order valence-electron chi connectivity index (χ2n) is 4.22. The molecule has 0 spiro atoms. The van der Waals surface area contributed by atoms with Crippen molar-refractivity contribution in [3.05, 3.63) is 0 Å². The zero-order valence-electron chi connectivity index (χ0n) is 10.0. The molecule has 1 fully saturated rings. The Morgan fingerprint density at radius 2 is 2.31 bits per heavy atom. The smallest absolute Gasteiger partial charge is 0.315 e. The Balaban J connectivity index is 2.33. The zero-order valence-corrected chi connectivity index (χ0v) is 10.8. The molecule has 0 aromatic heterocycles. The summed E-state index contributed by atoms with van der Waals surface area (Å²) in [5.41, 5.74) is 0. The van der Waals surface area contributed by atoms with Crippen molar-refractivity contribution < 1.29 is 9.90 Å². The molecule has 94 valence electrons. The molecule has 1 aliphatic carbocycles. The minimum Gasteiger partial charge on any atom is -0.394 e. The van der Waals surface area contributed by atoms with E-state index in [9.17, 15) is 4.79 Å². The third-order valence-electron chi connectivity index (χ3n) is 3.12. The van der Waals surface area contributed by atoms with Crippen molar-refractivity contribution in [3.63, 3.8) is 0 Å². The Morgan fingerprint density at radius 1 is 1.56 bits per heavy atom. The van der Waals surface area contributed by atoms with Crippen LogP contribution in [0.25, 0.3) is 0 Å². The van der Waals surface area contributed by atoms with Crippen LogP contribution >= 0.6 is 11.8 Å². The standard InChI is InChI=1S/C11H22N2O2S/c1-3-8(7-14)12-11(15)13-9-5-4-6-10(9)16-2/h8-10,14H,3-7H2,1-2H3,(H2,12,13,15). The van der Waals surface area contributed by atoms with Gasteiger partial charge >= 0.3 is 6.03 Å². The number of hydrogen-bond donors (Lipinski definition) is 3. The molecule has 3 atom stereocenters. The van der Waals surface area contributed by atoms with E-state index in [0.29, 0.717) is 5.25 Å². The van der Waals surface area contributed by atoms with E-state index in [0.717, 1.165) is 12.8 Å². The SMILES string of the molecule is CCC(CO)NC(=O)NC1CCCC1SC. The molecule has 0 aromatic carbocycles. The van der Waals surface area contributed by atoms with Gasteiger partial charge in [0.05, 0.1) is 12.6 Å². The van der Waals surface area contributed by atoms with Gasteiger partial charge in [-0.3, -0.25) is 0 Å². The molecular weight excluding hydrogens is 224 g/mol. The quantitative estimate of drug-likeness (QED) is 0.686. The highest BCUT2D eigenvalue weighted by atomic mass is 32.2. The predicted molar refractivity (Wildman–Crippen MR) is 67.8 cm³/mol. The first-order valence-electron chi connectivity index (χ1n) is 5.92. The zero-order chi connectivity index (χ0) is 12.0. The molecule has 1 rings (SSSR count). The predicted octanol–water partition coefficient (Wildman–Crippen LogP) is 1.34. The van der Waals surface area contributed by atoms with Gasteiger partial charge in [0.25, 0.3) is 0 Å². The van der Waals surface area contributed by atoms with Crippen molar-refractivity contribution in [1.29, 1.82) is 0 Å². The lowest BCUT2D eigenvalue weighted by Crippen LogP contribution is -2.48. The van der Waals surface area contributed by atoms with Crippen LogP contribution < -0.4 is 10.6 Å². The molecule has 3 unspecified atom stereocenters. The Kier molecular flexibility index (Phi) is 5.98. The summed E-state index contributed by atoms with van der Waals surface area (Å²) in [6, 6.07) is 0.00665. The molecule has 0 bridgehead atoms. The Morgan fingerprint density at radius 3 is 2.88 bits per heavy atom. The van der Waals surface area contributed by atoms with Crippen LogP contribution in [0, 0.1) is 0 Å². The van der Waals surface area contributed by atoms with Crippen LogP contribution in [0.4, 0.5) is 4.79 Å². The summed E-state index contributed by atoms with van der Waals surface area (Å²) in [6.07, 6.45) is 6.28. The number of nitrogens with one attached hydrogen (secondary N) is 2. The monoisotopic (exact) mass is 246 g/mol. The average molecular weight is 246 g/mol. The molecule has 1 aliphatic rings. The molecule has 0 radical (unpaired) electrons. The second kappa shape index (κ2) is 7.01. The fourth-order valence-corrected chi connectivity index (χ4v) is 2.98. The fraction of sp³-hybridized carbons (Fsp3) is 0.909. The summed E-state index contributed by atoms with van der Waals surface area (Å²) < 4.78 is 0. The van der Waals surface area contributed by atoms with Crippen molar-refractivity contribution in [2.24, 2.45) is 0 Å². The first kappa shape index (κ1) is 13.6. The van der Waals surface area contributed by atoms with Crippen molar-refractivity contribution >= 4 is 17.8 Å². The Hall–Kier alpha value is -0.420. The van der Waals surface area contributed by atoms with Gasteiger partial charge in [0.1, 0.15) is 0 Å². The topological polar surface area (TPSA) is 61.4 Å². The van der Waals surface area contributed by atoms with E-state index in [2.05, 4.69) is 16.9 Å². The van der Waals surface area contributed by atoms with Crippen LogP contribution in [0.1, 0.15) is 32.6 Å².